The second-order valence-corrected chi connectivity index (χ2v) is 10.5. The molecule has 9 heteroatoms. The SMILES string of the molecule is CCCCCc1nc(=O)c(S(=O)(=O)c2ccc(Br)cc2)c(O)n1[C@@H](COC)c1ccccc1. The van der Waals surface area contributed by atoms with Gasteiger partial charge in [0.15, 0.2) is 4.90 Å². The van der Waals surface area contributed by atoms with Crippen molar-refractivity contribution in [2.75, 3.05) is 13.7 Å². The van der Waals surface area contributed by atoms with Crippen LogP contribution in [0.4, 0.5) is 0 Å². The lowest BCUT2D eigenvalue weighted by molar-refractivity contribution is 0.161. The molecule has 7 nitrogen and oxygen atoms in total. The number of methoxy groups -OCH3 is 1. The lowest BCUT2D eigenvalue weighted by atomic mass is 10.1. The normalized spacial score (nSPS) is 12.6. The van der Waals surface area contributed by atoms with Crippen LogP contribution in [0.25, 0.3) is 0 Å². The van der Waals surface area contributed by atoms with Crippen molar-refractivity contribution in [3.05, 3.63) is 80.8 Å². The van der Waals surface area contributed by atoms with Gasteiger partial charge in [0.25, 0.3) is 5.56 Å². The maximum atomic E-state index is 13.4. The van der Waals surface area contributed by atoms with Crippen LogP contribution >= 0.6 is 15.9 Å². The topological polar surface area (TPSA) is 98.5 Å². The van der Waals surface area contributed by atoms with Crippen LogP contribution in [0.3, 0.4) is 0 Å². The third-order valence-electron chi connectivity index (χ3n) is 5.35. The molecule has 3 aromatic rings. The minimum absolute atomic E-state index is 0.104. The highest BCUT2D eigenvalue weighted by Crippen LogP contribution is 2.32. The van der Waals surface area contributed by atoms with Gasteiger partial charge in [0.2, 0.25) is 15.7 Å². The molecule has 0 unspecified atom stereocenters. The predicted octanol–water partition coefficient (Wildman–Crippen LogP) is 4.51. The van der Waals surface area contributed by atoms with Gasteiger partial charge in [-0.3, -0.25) is 9.36 Å². The molecule has 1 heterocycles. The van der Waals surface area contributed by atoms with E-state index in [1.807, 2.05) is 30.3 Å². The quantitative estimate of drug-likeness (QED) is 0.384. The van der Waals surface area contributed by atoms with Gasteiger partial charge in [-0.2, -0.15) is 4.98 Å². The summed E-state index contributed by atoms with van der Waals surface area (Å²) >= 11 is 3.27. The summed E-state index contributed by atoms with van der Waals surface area (Å²) in [4.78, 5) is 16.3. The number of halogens is 1. The van der Waals surface area contributed by atoms with E-state index < -0.39 is 32.2 Å². The molecule has 1 atom stereocenters. The molecule has 0 aliphatic carbocycles. The highest BCUT2D eigenvalue weighted by atomic mass is 79.9. The fourth-order valence-corrected chi connectivity index (χ4v) is 5.31. The summed E-state index contributed by atoms with van der Waals surface area (Å²) in [7, 11) is -2.79. The van der Waals surface area contributed by atoms with Crippen LogP contribution in [-0.2, 0) is 21.0 Å². The number of aromatic hydroxyl groups is 1. The standard InChI is InChI=1S/C24H27BrN2O5S/c1-3-4-6-11-21-26-23(28)22(33(30,31)19-14-12-18(25)13-15-19)24(29)27(21)20(16-32-2)17-9-7-5-8-10-17/h5,7-10,12-15,20,29H,3-4,6,11,16H2,1-2H3/t20-/m0/s1. The molecule has 1 N–H and O–H groups in total. The van der Waals surface area contributed by atoms with Crippen molar-refractivity contribution in [2.45, 2.75) is 48.4 Å². The molecule has 0 aliphatic heterocycles. The Morgan fingerprint density at radius 1 is 1.09 bits per heavy atom. The number of ether oxygens (including phenoxy) is 1. The lowest BCUT2D eigenvalue weighted by Gasteiger charge is -2.25. The monoisotopic (exact) mass is 534 g/mol. The summed E-state index contributed by atoms with van der Waals surface area (Å²) in [6.45, 7) is 2.21. The number of aromatic nitrogens is 2. The number of benzene rings is 2. The van der Waals surface area contributed by atoms with Crippen molar-refractivity contribution in [1.29, 1.82) is 0 Å². The molecule has 176 valence electrons. The fraction of sp³-hybridized carbons (Fsp3) is 0.333. The van der Waals surface area contributed by atoms with Crippen LogP contribution in [0.2, 0.25) is 0 Å². The van der Waals surface area contributed by atoms with E-state index in [4.69, 9.17) is 4.74 Å². The molecule has 33 heavy (non-hydrogen) atoms. The molecule has 0 saturated heterocycles. The molecule has 1 aromatic heterocycles. The van der Waals surface area contributed by atoms with Crippen molar-refractivity contribution in [3.8, 4) is 5.88 Å². The highest BCUT2D eigenvalue weighted by Gasteiger charge is 2.32. The second kappa shape index (κ2) is 11.1. The van der Waals surface area contributed by atoms with E-state index >= 15 is 0 Å². The molecule has 2 aromatic carbocycles. The van der Waals surface area contributed by atoms with Gasteiger partial charge in [-0.1, -0.05) is 66.0 Å². The smallest absolute Gasteiger partial charge is 0.296 e. The average Bonchev–Trinajstić information content (AvgIpc) is 2.79. The van der Waals surface area contributed by atoms with Crippen LogP contribution in [0.5, 0.6) is 5.88 Å². The van der Waals surface area contributed by atoms with E-state index in [0.717, 1.165) is 24.8 Å². The highest BCUT2D eigenvalue weighted by molar-refractivity contribution is 9.10. The van der Waals surface area contributed by atoms with Crippen LogP contribution in [0.15, 0.2) is 73.7 Å². The van der Waals surface area contributed by atoms with Gasteiger partial charge >= 0.3 is 0 Å². The largest absolute Gasteiger partial charge is 0.493 e. The van der Waals surface area contributed by atoms with Gasteiger partial charge in [-0.15, -0.1) is 0 Å². The number of sulfone groups is 1. The maximum Gasteiger partial charge on any atom is 0.296 e. The Morgan fingerprint density at radius 3 is 2.36 bits per heavy atom. The summed E-state index contributed by atoms with van der Waals surface area (Å²) in [5, 5.41) is 11.3. The Bertz CT molecular complexity index is 1240. The Hall–Kier alpha value is -2.49. The van der Waals surface area contributed by atoms with Crippen LogP contribution < -0.4 is 5.56 Å². The first-order valence-electron chi connectivity index (χ1n) is 10.7. The summed E-state index contributed by atoms with van der Waals surface area (Å²) in [6.07, 6.45) is 3.04. The number of nitrogens with zero attached hydrogens (tertiary/aromatic N) is 2. The summed E-state index contributed by atoms with van der Waals surface area (Å²) < 4.78 is 34.3. The van der Waals surface area contributed by atoms with Crippen LogP contribution in [0.1, 0.15) is 43.6 Å². The van der Waals surface area contributed by atoms with Gasteiger partial charge in [-0.05, 0) is 36.2 Å². The average molecular weight is 535 g/mol. The van der Waals surface area contributed by atoms with Crippen molar-refractivity contribution in [2.24, 2.45) is 0 Å². The Balaban J connectivity index is 2.27. The third-order valence-corrected chi connectivity index (χ3v) is 7.67. The lowest BCUT2D eigenvalue weighted by Crippen LogP contribution is -2.29. The van der Waals surface area contributed by atoms with Gasteiger partial charge in [0.05, 0.1) is 17.5 Å². The van der Waals surface area contributed by atoms with E-state index in [0.29, 0.717) is 16.7 Å². The Labute approximate surface area is 202 Å². The fourth-order valence-electron chi connectivity index (χ4n) is 3.71. The van der Waals surface area contributed by atoms with Crippen LogP contribution in [0, 0.1) is 0 Å². The minimum Gasteiger partial charge on any atom is -0.493 e. The molecule has 0 radical (unpaired) electrons. The number of aryl methyl sites for hydroxylation is 1. The van der Waals surface area contributed by atoms with E-state index in [2.05, 4.69) is 27.8 Å². The number of hydrogen-bond donors (Lipinski definition) is 1. The molecular formula is C24H27BrN2O5S. The van der Waals surface area contributed by atoms with Gasteiger partial charge in [0, 0.05) is 18.0 Å². The molecule has 0 aliphatic rings. The zero-order chi connectivity index (χ0) is 24.0. The Morgan fingerprint density at radius 2 is 1.76 bits per heavy atom. The van der Waals surface area contributed by atoms with Gasteiger partial charge < -0.3 is 9.84 Å². The first-order chi connectivity index (χ1) is 15.8. The Kier molecular flexibility index (Phi) is 8.45. The summed E-state index contributed by atoms with van der Waals surface area (Å²) in [5.74, 6) is -0.304. The van der Waals surface area contributed by atoms with Crippen molar-refractivity contribution < 1.29 is 18.3 Å². The number of unbranched alkanes of at least 4 members (excludes halogenated alkanes) is 2. The van der Waals surface area contributed by atoms with Crippen molar-refractivity contribution in [1.82, 2.24) is 9.55 Å². The summed E-state index contributed by atoms with van der Waals surface area (Å²) in [6, 6.07) is 14.6. The first kappa shape index (κ1) is 25.1. The van der Waals surface area contributed by atoms with Crippen molar-refractivity contribution in [3.63, 3.8) is 0 Å². The molecule has 0 amide bonds. The van der Waals surface area contributed by atoms with Crippen molar-refractivity contribution >= 4 is 25.8 Å². The van der Waals surface area contributed by atoms with E-state index in [-0.39, 0.29) is 11.5 Å². The molecular weight excluding hydrogens is 508 g/mol. The van der Waals surface area contributed by atoms with E-state index in [1.165, 1.54) is 23.8 Å². The molecule has 3 rings (SSSR count). The second-order valence-electron chi connectivity index (χ2n) is 7.65. The number of hydrogen-bond acceptors (Lipinski definition) is 6. The van der Waals surface area contributed by atoms with Gasteiger partial charge in [-0.25, -0.2) is 8.42 Å². The van der Waals surface area contributed by atoms with Gasteiger partial charge in [0.1, 0.15) is 5.82 Å². The molecule has 0 saturated carbocycles. The van der Waals surface area contributed by atoms with E-state index in [1.54, 1.807) is 12.1 Å². The molecule has 0 fully saturated rings. The minimum atomic E-state index is -4.32. The molecule has 0 bridgehead atoms. The first-order valence-corrected chi connectivity index (χ1v) is 13.0. The zero-order valence-corrected chi connectivity index (χ0v) is 21.0. The summed E-state index contributed by atoms with van der Waals surface area (Å²) in [5.41, 5.74) is -0.175. The molecule has 0 spiro atoms. The zero-order valence-electron chi connectivity index (χ0n) is 18.6. The number of rotatable bonds is 10. The van der Waals surface area contributed by atoms with E-state index in [9.17, 15) is 18.3 Å². The third kappa shape index (κ3) is 5.54. The maximum absolute atomic E-state index is 13.4. The van der Waals surface area contributed by atoms with Crippen LogP contribution in [-0.4, -0.2) is 36.8 Å². The predicted molar refractivity (Wildman–Crippen MR) is 129 cm³/mol.